The SMILES string of the molecule is CC[C@H]1[C@H](C)CC(=O)[C@@H]1S(=O)c1c(C(C)C)cc(C(C)C)cc1C(C)C. The zero-order chi connectivity index (χ0) is 19.8. The lowest BCUT2D eigenvalue weighted by Gasteiger charge is -2.26. The second-order valence-corrected chi connectivity index (χ2v) is 10.4. The van der Waals surface area contributed by atoms with Crippen molar-refractivity contribution in [2.24, 2.45) is 11.8 Å². The molecule has 1 aliphatic carbocycles. The van der Waals surface area contributed by atoms with E-state index in [1.54, 1.807) is 0 Å². The van der Waals surface area contributed by atoms with Gasteiger partial charge in [0.1, 0.15) is 11.0 Å². The van der Waals surface area contributed by atoms with Gasteiger partial charge in [-0.25, -0.2) is 0 Å². The third-order valence-electron chi connectivity index (χ3n) is 5.94. The van der Waals surface area contributed by atoms with Crippen molar-refractivity contribution in [2.45, 2.75) is 96.1 Å². The van der Waals surface area contributed by atoms with E-state index in [-0.39, 0.29) is 17.0 Å². The van der Waals surface area contributed by atoms with Crippen molar-refractivity contribution in [1.82, 2.24) is 0 Å². The highest BCUT2D eigenvalue weighted by atomic mass is 32.2. The Kier molecular flexibility index (Phi) is 6.87. The monoisotopic (exact) mass is 376 g/mol. The van der Waals surface area contributed by atoms with E-state index in [9.17, 15) is 9.00 Å². The summed E-state index contributed by atoms with van der Waals surface area (Å²) in [6.07, 6.45) is 1.49. The number of hydrogen-bond donors (Lipinski definition) is 0. The van der Waals surface area contributed by atoms with E-state index in [0.717, 1.165) is 11.3 Å². The minimum atomic E-state index is -1.27. The molecule has 0 bridgehead atoms. The second-order valence-electron chi connectivity index (χ2n) is 8.93. The summed E-state index contributed by atoms with van der Waals surface area (Å²) >= 11 is 0. The van der Waals surface area contributed by atoms with Crippen LogP contribution in [0.25, 0.3) is 0 Å². The molecule has 4 atom stereocenters. The Bertz CT molecular complexity index is 658. The van der Waals surface area contributed by atoms with Crippen LogP contribution in [-0.2, 0) is 15.6 Å². The number of carbonyl (C=O) groups is 1. The fourth-order valence-electron chi connectivity index (χ4n) is 4.27. The van der Waals surface area contributed by atoms with Gasteiger partial charge in [0.25, 0.3) is 0 Å². The van der Waals surface area contributed by atoms with Gasteiger partial charge >= 0.3 is 0 Å². The molecule has 1 aliphatic rings. The van der Waals surface area contributed by atoms with Gasteiger partial charge in [0.15, 0.2) is 0 Å². The molecule has 1 aromatic rings. The van der Waals surface area contributed by atoms with Crippen LogP contribution in [-0.4, -0.2) is 15.2 Å². The average Bonchev–Trinajstić information content (AvgIpc) is 2.85. The molecule has 1 aromatic carbocycles. The maximum absolute atomic E-state index is 13.8. The van der Waals surface area contributed by atoms with Gasteiger partial charge in [0, 0.05) is 11.3 Å². The zero-order valence-electron chi connectivity index (χ0n) is 17.8. The summed E-state index contributed by atoms with van der Waals surface area (Å²) < 4.78 is 13.8. The minimum Gasteiger partial charge on any atom is -0.298 e. The summed E-state index contributed by atoms with van der Waals surface area (Å²) in [6.45, 7) is 17.3. The molecule has 1 saturated carbocycles. The highest BCUT2D eigenvalue weighted by Crippen LogP contribution is 2.41. The zero-order valence-corrected chi connectivity index (χ0v) is 18.6. The predicted octanol–water partition coefficient (Wildman–Crippen LogP) is 6.17. The lowest BCUT2D eigenvalue weighted by atomic mass is 9.89. The molecule has 0 aromatic heterocycles. The van der Waals surface area contributed by atoms with E-state index < -0.39 is 10.8 Å². The maximum Gasteiger partial charge on any atom is 0.149 e. The highest BCUT2D eigenvalue weighted by molar-refractivity contribution is 7.86. The molecule has 1 unspecified atom stereocenters. The summed E-state index contributed by atoms with van der Waals surface area (Å²) in [4.78, 5) is 13.7. The molecule has 0 amide bonds. The predicted molar refractivity (Wildman–Crippen MR) is 111 cm³/mol. The number of hydrogen-bond acceptors (Lipinski definition) is 2. The van der Waals surface area contributed by atoms with E-state index in [2.05, 4.69) is 67.5 Å². The summed E-state index contributed by atoms with van der Waals surface area (Å²) in [5.74, 6) is 1.77. The standard InChI is InChI=1S/C23H36O2S/c1-9-18-16(8)10-21(24)23(18)26(25)22-19(14(4)5)11-17(13(2)3)12-20(22)15(6)7/h11-16,18,23H,9-10H2,1-8H3/t16-,18+,23-,26?/m1/s1. The van der Waals surface area contributed by atoms with Gasteiger partial charge in [-0.05, 0) is 46.3 Å². The van der Waals surface area contributed by atoms with Gasteiger partial charge in [0.05, 0.1) is 10.8 Å². The lowest BCUT2D eigenvalue weighted by molar-refractivity contribution is -0.117. The van der Waals surface area contributed by atoms with E-state index in [0.29, 0.717) is 30.1 Å². The van der Waals surface area contributed by atoms with Gasteiger partial charge in [-0.2, -0.15) is 0 Å². The first-order chi connectivity index (χ1) is 12.1. The molecule has 0 heterocycles. The van der Waals surface area contributed by atoms with Crippen LogP contribution < -0.4 is 0 Å². The number of benzene rings is 1. The van der Waals surface area contributed by atoms with Crippen LogP contribution >= 0.6 is 0 Å². The van der Waals surface area contributed by atoms with Gasteiger partial charge in [-0.1, -0.05) is 73.9 Å². The van der Waals surface area contributed by atoms with Gasteiger partial charge < -0.3 is 0 Å². The normalized spacial score (nSPS) is 24.9. The fraction of sp³-hybridized carbons (Fsp3) is 0.696. The third-order valence-corrected chi connectivity index (χ3v) is 7.89. The van der Waals surface area contributed by atoms with Gasteiger partial charge in [0.2, 0.25) is 0 Å². The topological polar surface area (TPSA) is 34.1 Å². The highest BCUT2D eigenvalue weighted by Gasteiger charge is 2.44. The summed E-state index contributed by atoms with van der Waals surface area (Å²) in [6, 6.07) is 4.47. The van der Waals surface area contributed by atoms with E-state index in [1.807, 2.05) is 0 Å². The van der Waals surface area contributed by atoms with Crippen molar-refractivity contribution >= 4 is 16.6 Å². The van der Waals surface area contributed by atoms with Crippen LogP contribution in [0.15, 0.2) is 17.0 Å². The Balaban J connectivity index is 2.66. The Morgan fingerprint density at radius 3 is 1.88 bits per heavy atom. The number of ketones is 1. The fourth-order valence-corrected chi connectivity index (χ4v) is 6.69. The molecule has 0 spiro atoms. The average molecular weight is 377 g/mol. The Labute approximate surface area is 162 Å². The molecule has 3 heteroatoms. The minimum absolute atomic E-state index is 0.194. The largest absolute Gasteiger partial charge is 0.298 e. The molecule has 146 valence electrons. The molecule has 0 saturated heterocycles. The molecule has 2 nitrogen and oxygen atoms in total. The molecular formula is C23H36O2S. The van der Waals surface area contributed by atoms with E-state index >= 15 is 0 Å². The quantitative estimate of drug-likeness (QED) is 0.595. The lowest BCUT2D eigenvalue weighted by Crippen LogP contribution is -2.29. The molecule has 0 radical (unpaired) electrons. The maximum atomic E-state index is 13.8. The molecule has 0 aliphatic heterocycles. The first-order valence-corrected chi connectivity index (χ1v) is 11.4. The third kappa shape index (κ3) is 3.98. The van der Waals surface area contributed by atoms with Gasteiger partial charge in [-0.3, -0.25) is 9.00 Å². The number of Topliss-reactive ketones (excluding diaryl/α,β-unsaturated/α-hetero) is 1. The first kappa shape index (κ1) is 21.3. The van der Waals surface area contributed by atoms with Crippen LogP contribution in [0.4, 0.5) is 0 Å². The van der Waals surface area contributed by atoms with Crippen molar-refractivity contribution in [2.75, 3.05) is 0 Å². The van der Waals surface area contributed by atoms with Crippen LogP contribution in [0, 0.1) is 11.8 Å². The molecule has 26 heavy (non-hydrogen) atoms. The molecule has 1 fully saturated rings. The van der Waals surface area contributed by atoms with E-state index in [1.165, 1.54) is 16.7 Å². The Morgan fingerprint density at radius 2 is 1.50 bits per heavy atom. The van der Waals surface area contributed by atoms with Crippen LogP contribution in [0.3, 0.4) is 0 Å². The summed E-state index contributed by atoms with van der Waals surface area (Å²) in [7, 11) is -1.27. The van der Waals surface area contributed by atoms with Crippen LogP contribution in [0.5, 0.6) is 0 Å². The molecular weight excluding hydrogens is 340 g/mol. The second kappa shape index (κ2) is 8.37. The molecule has 2 rings (SSSR count). The van der Waals surface area contributed by atoms with Crippen molar-refractivity contribution in [3.63, 3.8) is 0 Å². The van der Waals surface area contributed by atoms with Crippen molar-refractivity contribution in [1.29, 1.82) is 0 Å². The van der Waals surface area contributed by atoms with Crippen LogP contribution in [0.1, 0.15) is 103 Å². The summed E-state index contributed by atoms with van der Waals surface area (Å²) in [5.41, 5.74) is 3.64. The van der Waals surface area contributed by atoms with Crippen molar-refractivity contribution in [3.8, 4) is 0 Å². The van der Waals surface area contributed by atoms with Crippen molar-refractivity contribution < 1.29 is 9.00 Å². The first-order valence-electron chi connectivity index (χ1n) is 10.2. The van der Waals surface area contributed by atoms with Crippen LogP contribution in [0.2, 0.25) is 0 Å². The number of carbonyl (C=O) groups excluding carboxylic acids is 1. The Hall–Kier alpha value is -0.960. The van der Waals surface area contributed by atoms with E-state index in [4.69, 9.17) is 0 Å². The smallest absolute Gasteiger partial charge is 0.149 e. The number of rotatable bonds is 6. The Morgan fingerprint density at radius 1 is 1.00 bits per heavy atom. The van der Waals surface area contributed by atoms with Crippen molar-refractivity contribution in [3.05, 3.63) is 28.8 Å². The summed E-state index contributed by atoms with van der Waals surface area (Å²) in [5, 5.41) is -0.338. The van der Waals surface area contributed by atoms with Gasteiger partial charge in [-0.15, -0.1) is 0 Å². The molecule has 0 N–H and O–H groups in total.